The first-order chi connectivity index (χ1) is 9.52. The van der Waals surface area contributed by atoms with Crippen molar-refractivity contribution >= 4 is 27.3 Å². The molecule has 0 saturated heterocycles. The van der Waals surface area contributed by atoms with Gasteiger partial charge in [-0.3, -0.25) is 4.90 Å². The molecule has 0 aliphatic carbocycles. The van der Waals surface area contributed by atoms with Crippen molar-refractivity contribution in [2.75, 3.05) is 7.05 Å². The zero-order valence-corrected chi connectivity index (χ0v) is 14.6. The first kappa shape index (κ1) is 15.8. The molecule has 0 spiro atoms. The van der Waals surface area contributed by atoms with Crippen LogP contribution in [0, 0.1) is 0 Å². The lowest BCUT2D eigenvalue weighted by atomic mass is 10.3. The van der Waals surface area contributed by atoms with Gasteiger partial charge < -0.3 is 9.73 Å². The molecule has 0 saturated carbocycles. The van der Waals surface area contributed by atoms with Gasteiger partial charge in [-0.05, 0) is 52.1 Å². The first-order valence-electron chi connectivity index (χ1n) is 6.75. The summed E-state index contributed by atoms with van der Waals surface area (Å²) in [5.74, 6) is 2.02. The molecule has 3 nitrogen and oxygen atoms in total. The van der Waals surface area contributed by atoms with E-state index in [2.05, 4.69) is 70.6 Å². The Bertz CT molecular complexity index is 535. The molecule has 2 heterocycles. The largest absolute Gasteiger partial charge is 0.463 e. The highest BCUT2D eigenvalue weighted by molar-refractivity contribution is 9.11. The molecule has 0 amide bonds. The van der Waals surface area contributed by atoms with Gasteiger partial charge in [-0.2, -0.15) is 0 Å². The number of rotatable bonds is 7. The van der Waals surface area contributed by atoms with Gasteiger partial charge in [0, 0.05) is 12.6 Å². The molecule has 20 heavy (non-hydrogen) atoms. The van der Waals surface area contributed by atoms with Crippen molar-refractivity contribution in [2.45, 2.75) is 39.5 Å². The van der Waals surface area contributed by atoms with Gasteiger partial charge in [0.2, 0.25) is 0 Å². The van der Waals surface area contributed by atoms with Crippen LogP contribution >= 0.6 is 27.3 Å². The minimum Gasteiger partial charge on any atom is -0.463 e. The van der Waals surface area contributed by atoms with E-state index in [0.29, 0.717) is 6.04 Å². The Morgan fingerprint density at radius 3 is 2.70 bits per heavy atom. The smallest absolute Gasteiger partial charge is 0.118 e. The molecule has 0 fully saturated rings. The number of hydrogen-bond donors (Lipinski definition) is 1. The van der Waals surface area contributed by atoms with Crippen molar-refractivity contribution < 1.29 is 4.42 Å². The second-order valence-corrected chi connectivity index (χ2v) is 7.63. The lowest BCUT2D eigenvalue weighted by Crippen LogP contribution is -2.21. The SMILES string of the molecule is CC(C)NCc1ccc(CN(C)Cc2csc(Br)c2)o1. The van der Waals surface area contributed by atoms with Gasteiger partial charge in [-0.15, -0.1) is 11.3 Å². The highest BCUT2D eigenvalue weighted by Crippen LogP contribution is 2.22. The summed E-state index contributed by atoms with van der Waals surface area (Å²) in [5, 5.41) is 5.54. The van der Waals surface area contributed by atoms with Crippen LogP contribution in [-0.2, 0) is 19.6 Å². The van der Waals surface area contributed by atoms with E-state index in [4.69, 9.17) is 4.42 Å². The van der Waals surface area contributed by atoms with E-state index in [9.17, 15) is 0 Å². The number of nitrogens with zero attached hydrogens (tertiary/aromatic N) is 1. The zero-order valence-electron chi connectivity index (χ0n) is 12.1. The molecule has 0 unspecified atom stereocenters. The van der Waals surface area contributed by atoms with Crippen LogP contribution in [0.2, 0.25) is 0 Å². The molecule has 2 aromatic heterocycles. The van der Waals surface area contributed by atoms with Gasteiger partial charge in [-0.1, -0.05) is 13.8 Å². The van der Waals surface area contributed by atoms with Crippen molar-refractivity contribution in [3.05, 3.63) is 44.4 Å². The fourth-order valence-corrected chi connectivity index (χ4v) is 3.17. The summed E-state index contributed by atoms with van der Waals surface area (Å²) in [6.07, 6.45) is 0. The summed E-state index contributed by atoms with van der Waals surface area (Å²) in [6.45, 7) is 6.82. The maximum atomic E-state index is 5.84. The van der Waals surface area contributed by atoms with Crippen LogP contribution in [0.15, 0.2) is 31.8 Å². The van der Waals surface area contributed by atoms with Crippen LogP contribution in [0.4, 0.5) is 0 Å². The van der Waals surface area contributed by atoms with Gasteiger partial charge in [0.25, 0.3) is 0 Å². The van der Waals surface area contributed by atoms with Crippen LogP contribution in [0.5, 0.6) is 0 Å². The summed E-state index contributed by atoms with van der Waals surface area (Å²) in [5.41, 5.74) is 1.33. The van der Waals surface area contributed by atoms with Gasteiger partial charge in [0.1, 0.15) is 11.5 Å². The zero-order chi connectivity index (χ0) is 14.5. The van der Waals surface area contributed by atoms with E-state index < -0.39 is 0 Å². The average molecular weight is 357 g/mol. The average Bonchev–Trinajstić information content (AvgIpc) is 2.96. The summed E-state index contributed by atoms with van der Waals surface area (Å²) in [7, 11) is 2.11. The summed E-state index contributed by atoms with van der Waals surface area (Å²) in [6, 6.07) is 6.77. The second kappa shape index (κ2) is 7.41. The third kappa shape index (κ3) is 5.05. The van der Waals surface area contributed by atoms with Gasteiger partial charge >= 0.3 is 0 Å². The van der Waals surface area contributed by atoms with Crippen molar-refractivity contribution in [3.8, 4) is 0 Å². The normalized spacial score (nSPS) is 11.7. The summed E-state index contributed by atoms with van der Waals surface area (Å²) < 4.78 is 7.02. The van der Waals surface area contributed by atoms with Crippen molar-refractivity contribution in [2.24, 2.45) is 0 Å². The lowest BCUT2D eigenvalue weighted by Gasteiger charge is -2.14. The van der Waals surface area contributed by atoms with Crippen molar-refractivity contribution in [1.29, 1.82) is 0 Å². The van der Waals surface area contributed by atoms with E-state index >= 15 is 0 Å². The highest BCUT2D eigenvalue weighted by Gasteiger charge is 2.07. The number of nitrogens with one attached hydrogen (secondary N) is 1. The molecule has 2 rings (SSSR count). The molecule has 2 aromatic rings. The lowest BCUT2D eigenvalue weighted by molar-refractivity contribution is 0.282. The molecule has 0 aromatic carbocycles. The predicted octanol–water partition coefficient (Wildman–Crippen LogP) is 4.23. The van der Waals surface area contributed by atoms with Crippen molar-refractivity contribution in [3.63, 3.8) is 0 Å². The Kier molecular flexibility index (Phi) is 5.84. The molecule has 0 bridgehead atoms. The Labute approximate surface area is 133 Å². The molecule has 110 valence electrons. The molecular formula is C15H21BrN2OS. The molecule has 5 heteroatoms. The van der Waals surface area contributed by atoms with Gasteiger partial charge in [0.15, 0.2) is 0 Å². The third-order valence-electron chi connectivity index (χ3n) is 2.90. The first-order valence-corrected chi connectivity index (χ1v) is 8.42. The molecule has 1 N–H and O–H groups in total. The Balaban J connectivity index is 1.83. The van der Waals surface area contributed by atoms with Crippen LogP contribution in [0.25, 0.3) is 0 Å². The van der Waals surface area contributed by atoms with Crippen LogP contribution < -0.4 is 5.32 Å². The standard InChI is InChI=1S/C15H21BrN2OS/c1-11(2)17-7-13-4-5-14(19-13)9-18(3)8-12-6-15(16)20-10-12/h4-6,10-11,17H,7-9H2,1-3H3. The van der Waals surface area contributed by atoms with Gasteiger partial charge in [0.05, 0.1) is 16.9 Å². The Morgan fingerprint density at radius 2 is 2.05 bits per heavy atom. The van der Waals surface area contributed by atoms with Crippen LogP contribution in [-0.4, -0.2) is 18.0 Å². The predicted molar refractivity (Wildman–Crippen MR) is 87.9 cm³/mol. The van der Waals surface area contributed by atoms with Gasteiger partial charge in [-0.25, -0.2) is 0 Å². The number of thiophene rings is 1. The van der Waals surface area contributed by atoms with E-state index in [-0.39, 0.29) is 0 Å². The molecule has 0 radical (unpaired) electrons. The Hall–Kier alpha value is -0.620. The minimum absolute atomic E-state index is 0.475. The van der Waals surface area contributed by atoms with E-state index in [1.54, 1.807) is 11.3 Å². The number of furan rings is 1. The fraction of sp³-hybridized carbons (Fsp3) is 0.467. The third-order valence-corrected chi connectivity index (χ3v) is 4.46. The molecule has 0 aliphatic heterocycles. The quantitative estimate of drug-likeness (QED) is 0.804. The number of hydrogen-bond acceptors (Lipinski definition) is 4. The van der Waals surface area contributed by atoms with Crippen molar-refractivity contribution in [1.82, 2.24) is 10.2 Å². The van der Waals surface area contributed by atoms with E-state index in [1.807, 2.05) is 0 Å². The maximum Gasteiger partial charge on any atom is 0.118 e. The van der Waals surface area contributed by atoms with E-state index in [1.165, 1.54) is 9.35 Å². The summed E-state index contributed by atoms with van der Waals surface area (Å²) in [4.78, 5) is 2.26. The topological polar surface area (TPSA) is 28.4 Å². The molecule has 0 atom stereocenters. The van der Waals surface area contributed by atoms with E-state index in [0.717, 1.165) is 31.2 Å². The molecular weight excluding hydrogens is 336 g/mol. The number of halogens is 1. The Morgan fingerprint density at radius 1 is 1.30 bits per heavy atom. The highest BCUT2D eigenvalue weighted by atomic mass is 79.9. The van der Waals surface area contributed by atoms with Crippen LogP contribution in [0.1, 0.15) is 30.9 Å². The maximum absolute atomic E-state index is 5.84. The monoisotopic (exact) mass is 356 g/mol. The molecule has 0 aliphatic rings. The minimum atomic E-state index is 0.475. The summed E-state index contributed by atoms with van der Waals surface area (Å²) >= 11 is 5.22. The van der Waals surface area contributed by atoms with Crippen LogP contribution in [0.3, 0.4) is 0 Å². The fourth-order valence-electron chi connectivity index (χ4n) is 1.97. The second-order valence-electron chi connectivity index (χ2n) is 5.33.